The molecule has 0 aliphatic heterocycles. The van der Waals surface area contributed by atoms with Gasteiger partial charge in [0.25, 0.3) is 0 Å². The second-order valence-electron chi connectivity index (χ2n) is 6.04. The van der Waals surface area contributed by atoms with Crippen LogP contribution in [0.2, 0.25) is 0 Å². The van der Waals surface area contributed by atoms with Gasteiger partial charge in [0.15, 0.2) is 0 Å². The van der Waals surface area contributed by atoms with Gasteiger partial charge in [-0.1, -0.05) is 64.4 Å². The Morgan fingerprint density at radius 3 is 2.16 bits per heavy atom. The fourth-order valence-corrected chi connectivity index (χ4v) is 2.70. The van der Waals surface area contributed by atoms with Gasteiger partial charge in [-0.25, -0.2) is 0 Å². The molecule has 0 amide bonds. The number of benzene rings is 1. The van der Waals surface area contributed by atoms with E-state index in [9.17, 15) is 5.11 Å². The fraction of sp³-hybridized carbons (Fsp3) is 0.647. The van der Waals surface area contributed by atoms with E-state index in [1.807, 2.05) is 30.3 Å². The van der Waals surface area contributed by atoms with Crippen molar-refractivity contribution in [3.8, 4) is 0 Å². The predicted octanol–water partition coefficient (Wildman–Crippen LogP) is 3.72. The highest BCUT2D eigenvalue weighted by Crippen LogP contribution is 2.26. The van der Waals surface area contributed by atoms with Crippen LogP contribution in [0.3, 0.4) is 0 Å². The van der Waals surface area contributed by atoms with Crippen LogP contribution in [0.1, 0.15) is 45.8 Å². The first-order valence-electron chi connectivity index (χ1n) is 7.40. The van der Waals surface area contributed by atoms with Crippen molar-refractivity contribution in [3.05, 3.63) is 35.9 Å². The van der Waals surface area contributed by atoms with Gasteiger partial charge in [0, 0.05) is 12.6 Å². The highest BCUT2D eigenvalue weighted by atomic mass is 16.3. The fourth-order valence-electron chi connectivity index (χ4n) is 2.70. The molecule has 0 saturated heterocycles. The third-order valence-corrected chi connectivity index (χ3v) is 3.95. The van der Waals surface area contributed by atoms with Gasteiger partial charge < -0.3 is 5.11 Å². The Labute approximate surface area is 118 Å². The molecular weight excluding hydrogens is 234 g/mol. The molecule has 0 saturated carbocycles. The van der Waals surface area contributed by atoms with E-state index in [0.29, 0.717) is 11.8 Å². The van der Waals surface area contributed by atoms with E-state index < -0.39 is 6.10 Å². The van der Waals surface area contributed by atoms with Gasteiger partial charge in [0.2, 0.25) is 0 Å². The molecule has 1 aromatic carbocycles. The monoisotopic (exact) mass is 263 g/mol. The van der Waals surface area contributed by atoms with Crippen molar-refractivity contribution < 1.29 is 5.11 Å². The van der Waals surface area contributed by atoms with Crippen molar-refractivity contribution in [3.63, 3.8) is 0 Å². The predicted molar refractivity (Wildman–Crippen MR) is 82.1 cm³/mol. The quantitative estimate of drug-likeness (QED) is 0.810. The van der Waals surface area contributed by atoms with Crippen LogP contribution in [0.5, 0.6) is 0 Å². The minimum atomic E-state index is -0.421. The van der Waals surface area contributed by atoms with Gasteiger partial charge in [-0.05, 0) is 24.4 Å². The standard InChI is InChI=1S/C17H29NO/c1-6-14(4)12-18(5)16(13(2)3)17(19)15-10-8-7-9-11-15/h7-11,13-14,16-17,19H,6,12H2,1-5H3. The molecule has 0 heterocycles. The number of rotatable bonds is 7. The lowest BCUT2D eigenvalue weighted by Gasteiger charge is -2.36. The third-order valence-electron chi connectivity index (χ3n) is 3.95. The van der Waals surface area contributed by atoms with Gasteiger partial charge in [-0.3, -0.25) is 4.90 Å². The van der Waals surface area contributed by atoms with Crippen molar-refractivity contribution in [2.45, 2.75) is 46.3 Å². The molecule has 3 unspecified atom stereocenters. The Balaban J connectivity index is 2.82. The molecule has 1 aromatic rings. The zero-order valence-corrected chi connectivity index (χ0v) is 13.0. The Morgan fingerprint density at radius 1 is 1.11 bits per heavy atom. The summed E-state index contributed by atoms with van der Waals surface area (Å²) in [5.74, 6) is 1.08. The summed E-state index contributed by atoms with van der Waals surface area (Å²) in [6, 6.07) is 10.2. The summed E-state index contributed by atoms with van der Waals surface area (Å²) in [6.45, 7) is 9.89. The number of aliphatic hydroxyl groups excluding tert-OH is 1. The minimum absolute atomic E-state index is 0.163. The first kappa shape index (κ1) is 16.2. The summed E-state index contributed by atoms with van der Waals surface area (Å²) in [5.41, 5.74) is 1.01. The highest BCUT2D eigenvalue weighted by molar-refractivity contribution is 5.19. The highest BCUT2D eigenvalue weighted by Gasteiger charge is 2.28. The normalized spacial score (nSPS) is 16.6. The van der Waals surface area contributed by atoms with E-state index in [2.05, 4.69) is 39.6 Å². The molecule has 0 bridgehead atoms. The molecule has 0 aliphatic rings. The summed E-state index contributed by atoms with van der Waals surface area (Å²) in [4.78, 5) is 2.32. The van der Waals surface area contributed by atoms with Crippen LogP contribution in [0.4, 0.5) is 0 Å². The van der Waals surface area contributed by atoms with E-state index in [1.165, 1.54) is 6.42 Å². The molecule has 0 aromatic heterocycles. The molecule has 1 rings (SSSR count). The smallest absolute Gasteiger partial charge is 0.0947 e. The van der Waals surface area contributed by atoms with Crippen LogP contribution >= 0.6 is 0 Å². The first-order valence-corrected chi connectivity index (χ1v) is 7.40. The van der Waals surface area contributed by atoms with Crippen molar-refractivity contribution in [2.24, 2.45) is 11.8 Å². The summed E-state index contributed by atoms with van der Waals surface area (Å²) in [7, 11) is 2.13. The number of hydrogen-bond acceptors (Lipinski definition) is 2. The van der Waals surface area contributed by atoms with Crippen LogP contribution in [-0.2, 0) is 0 Å². The van der Waals surface area contributed by atoms with Crippen LogP contribution in [0.25, 0.3) is 0 Å². The molecule has 0 radical (unpaired) electrons. The number of hydrogen-bond donors (Lipinski definition) is 1. The van der Waals surface area contributed by atoms with Crippen molar-refractivity contribution in [2.75, 3.05) is 13.6 Å². The first-order chi connectivity index (χ1) is 8.97. The molecule has 19 heavy (non-hydrogen) atoms. The van der Waals surface area contributed by atoms with Crippen LogP contribution in [0, 0.1) is 11.8 Å². The summed E-state index contributed by atoms with van der Waals surface area (Å²) in [6.07, 6.45) is 0.756. The molecule has 0 aliphatic carbocycles. The largest absolute Gasteiger partial charge is 0.387 e. The van der Waals surface area contributed by atoms with E-state index in [4.69, 9.17) is 0 Å². The summed E-state index contributed by atoms with van der Waals surface area (Å²) >= 11 is 0. The van der Waals surface area contributed by atoms with Gasteiger partial charge in [-0.15, -0.1) is 0 Å². The molecule has 3 atom stereocenters. The summed E-state index contributed by atoms with van der Waals surface area (Å²) in [5, 5.41) is 10.7. The van der Waals surface area contributed by atoms with E-state index >= 15 is 0 Å². The Hall–Kier alpha value is -0.860. The second-order valence-corrected chi connectivity index (χ2v) is 6.04. The third kappa shape index (κ3) is 4.63. The lowest BCUT2D eigenvalue weighted by molar-refractivity contribution is 0.0298. The van der Waals surface area contributed by atoms with E-state index in [1.54, 1.807) is 0 Å². The Bertz CT molecular complexity index is 350. The molecule has 108 valence electrons. The van der Waals surface area contributed by atoms with Crippen LogP contribution in [0.15, 0.2) is 30.3 Å². The Morgan fingerprint density at radius 2 is 1.68 bits per heavy atom. The van der Waals surface area contributed by atoms with Crippen LogP contribution < -0.4 is 0 Å². The zero-order valence-electron chi connectivity index (χ0n) is 13.0. The maximum Gasteiger partial charge on any atom is 0.0947 e. The number of nitrogens with zero attached hydrogens (tertiary/aromatic N) is 1. The Kier molecular flexibility index (Phi) is 6.53. The average molecular weight is 263 g/mol. The van der Waals surface area contributed by atoms with Crippen LogP contribution in [-0.4, -0.2) is 29.6 Å². The number of likely N-dealkylation sites (N-methyl/N-ethyl adjacent to an activating group) is 1. The van der Waals surface area contributed by atoms with Crippen molar-refractivity contribution >= 4 is 0 Å². The summed E-state index contributed by atoms with van der Waals surface area (Å²) < 4.78 is 0. The topological polar surface area (TPSA) is 23.5 Å². The average Bonchev–Trinajstić information content (AvgIpc) is 2.39. The maximum atomic E-state index is 10.7. The lowest BCUT2D eigenvalue weighted by Crippen LogP contribution is -2.42. The van der Waals surface area contributed by atoms with E-state index in [0.717, 1.165) is 12.1 Å². The SMILES string of the molecule is CCC(C)CN(C)C(C(C)C)C(O)c1ccccc1. The molecule has 2 nitrogen and oxygen atoms in total. The van der Waals surface area contributed by atoms with Gasteiger partial charge in [0.1, 0.15) is 0 Å². The molecule has 0 spiro atoms. The number of aliphatic hydroxyl groups is 1. The van der Waals surface area contributed by atoms with Gasteiger partial charge >= 0.3 is 0 Å². The van der Waals surface area contributed by atoms with E-state index in [-0.39, 0.29) is 6.04 Å². The van der Waals surface area contributed by atoms with Crippen molar-refractivity contribution in [1.82, 2.24) is 4.90 Å². The molecule has 2 heteroatoms. The van der Waals surface area contributed by atoms with Gasteiger partial charge in [-0.2, -0.15) is 0 Å². The zero-order chi connectivity index (χ0) is 14.4. The van der Waals surface area contributed by atoms with Gasteiger partial charge in [0.05, 0.1) is 6.10 Å². The molecule has 1 N–H and O–H groups in total. The second kappa shape index (κ2) is 7.66. The maximum absolute atomic E-state index is 10.7. The molecule has 0 fully saturated rings. The molecular formula is C17H29NO. The minimum Gasteiger partial charge on any atom is -0.387 e. The van der Waals surface area contributed by atoms with Crippen molar-refractivity contribution in [1.29, 1.82) is 0 Å². The lowest BCUT2D eigenvalue weighted by atomic mass is 9.91.